The quantitative estimate of drug-likeness (QED) is 0.489. The molecule has 2 heterocycles. The molecule has 4 rings (SSSR count). The van der Waals surface area contributed by atoms with Crippen LogP contribution in [0.25, 0.3) is 0 Å². The third kappa shape index (κ3) is 6.12. The molecule has 1 fully saturated rings. The molecule has 3 aromatic rings. The lowest BCUT2D eigenvalue weighted by Crippen LogP contribution is -2.48. The Balaban J connectivity index is 1.33. The summed E-state index contributed by atoms with van der Waals surface area (Å²) in [6.45, 7) is 4.13. The molecule has 0 bridgehead atoms. The van der Waals surface area contributed by atoms with Crippen LogP contribution in [-0.2, 0) is 6.61 Å². The maximum absolute atomic E-state index is 13.0. The van der Waals surface area contributed by atoms with Crippen LogP contribution in [-0.4, -0.2) is 65.3 Å². The van der Waals surface area contributed by atoms with Gasteiger partial charge in [-0.1, -0.05) is 23.7 Å². The Bertz CT molecular complexity index is 1120. The fraction of sp³-hybridized carbons (Fsp3) is 0.292. The number of aromatic carboxylic acids is 1. The number of ether oxygens (including phenoxy) is 2. The van der Waals surface area contributed by atoms with Crippen molar-refractivity contribution in [1.82, 2.24) is 14.9 Å². The summed E-state index contributed by atoms with van der Waals surface area (Å²) >= 11 is 6.13. The molecule has 0 atom stereocenters. The monoisotopic (exact) mass is 486 g/mol. The van der Waals surface area contributed by atoms with Crippen LogP contribution in [0.3, 0.4) is 0 Å². The van der Waals surface area contributed by atoms with Crippen LogP contribution in [0, 0.1) is 5.82 Å². The van der Waals surface area contributed by atoms with E-state index >= 15 is 0 Å². The number of para-hydroxylation sites is 1. The van der Waals surface area contributed by atoms with Crippen LogP contribution in [0.1, 0.15) is 16.1 Å². The molecule has 0 amide bonds. The first-order valence-electron chi connectivity index (χ1n) is 10.8. The third-order valence-corrected chi connectivity index (χ3v) is 5.74. The van der Waals surface area contributed by atoms with Crippen molar-refractivity contribution in [1.29, 1.82) is 0 Å². The van der Waals surface area contributed by atoms with Crippen LogP contribution in [0.5, 0.6) is 11.5 Å². The predicted octanol–water partition coefficient (Wildman–Crippen LogP) is 3.75. The van der Waals surface area contributed by atoms with E-state index in [4.69, 9.17) is 21.1 Å². The molecule has 2 aromatic carbocycles. The number of aromatic nitrogens is 2. The standard InChI is InChI=1S/C24H24ClFN4O4/c25-20-3-1-2-4-22(20)34-16-21-19(23(31)32)15-27-24(28-21)30-11-9-29(10-12-30)13-14-33-18-7-5-17(26)6-8-18/h1-8,15H,9-14,16H2,(H,31,32). The van der Waals surface area contributed by atoms with E-state index in [-0.39, 0.29) is 23.7 Å². The van der Waals surface area contributed by atoms with Crippen molar-refractivity contribution in [2.24, 2.45) is 0 Å². The Kier molecular flexibility index (Phi) is 7.76. The largest absolute Gasteiger partial charge is 0.492 e. The zero-order valence-corrected chi connectivity index (χ0v) is 19.1. The first kappa shape index (κ1) is 23.7. The molecule has 8 nitrogen and oxygen atoms in total. The van der Waals surface area contributed by atoms with Gasteiger partial charge >= 0.3 is 5.97 Å². The molecule has 178 valence electrons. The molecular weight excluding hydrogens is 463 g/mol. The minimum absolute atomic E-state index is 0.00705. The van der Waals surface area contributed by atoms with Crippen molar-refractivity contribution in [2.45, 2.75) is 6.61 Å². The number of carboxylic acids is 1. The maximum Gasteiger partial charge on any atom is 0.339 e. The van der Waals surface area contributed by atoms with Crippen LogP contribution < -0.4 is 14.4 Å². The molecule has 1 aromatic heterocycles. The summed E-state index contributed by atoms with van der Waals surface area (Å²) in [7, 11) is 0. The normalized spacial score (nSPS) is 14.1. The molecule has 0 aliphatic carbocycles. The highest BCUT2D eigenvalue weighted by Gasteiger charge is 2.22. The summed E-state index contributed by atoms with van der Waals surface area (Å²) in [6.07, 6.45) is 1.32. The summed E-state index contributed by atoms with van der Waals surface area (Å²) < 4.78 is 24.4. The van der Waals surface area contributed by atoms with Gasteiger partial charge in [-0.3, -0.25) is 4.90 Å². The van der Waals surface area contributed by atoms with Crippen molar-refractivity contribution in [3.05, 3.63) is 76.8 Å². The summed E-state index contributed by atoms with van der Waals surface area (Å²) in [6, 6.07) is 12.9. The highest BCUT2D eigenvalue weighted by atomic mass is 35.5. The van der Waals surface area contributed by atoms with Gasteiger partial charge in [0, 0.05) is 38.9 Å². The summed E-state index contributed by atoms with van der Waals surface area (Å²) in [5.74, 6) is 0.150. The number of carboxylic acid groups (broad SMARTS) is 1. The van der Waals surface area contributed by atoms with Gasteiger partial charge in [-0.25, -0.2) is 19.2 Å². The Labute approximate surface area is 201 Å². The van der Waals surface area contributed by atoms with E-state index < -0.39 is 5.97 Å². The van der Waals surface area contributed by atoms with Crippen LogP contribution >= 0.6 is 11.6 Å². The van der Waals surface area contributed by atoms with Gasteiger partial charge in [0.1, 0.15) is 36.1 Å². The fourth-order valence-electron chi connectivity index (χ4n) is 3.55. The number of piperazine rings is 1. The van der Waals surface area contributed by atoms with Crippen molar-refractivity contribution in [3.63, 3.8) is 0 Å². The number of hydrogen-bond donors (Lipinski definition) is 1. The zero-order valence-electron chi connectivity index (χ0n) is 18.4. The van der Waals surface area contributed by atoms with E-state index in [9.17, 15) is 14.3 Å². The topological polar surface area (TPSA) is 88.0 Å². The number of nitrogens with zero attached hydrogens (tertiary/aromatic N) is 4. The van der Waals surface area contributed by atoms with Crippen molar-refractivity contribution in [3.8, 4) is 11.5 Å². The van der Waals surface area contributed by atoms with E-state index in [2.05, 4.69) is 14.9 Å². The molecule has 1 aliphatic heterocycles. The second-order valence-electron chi connectivity index (χ2n) is 7.69. The highest BCUT2D eigenvalue weighted by Crippen LogP contribution is 2.25. The van der Waals surface area contributed by atoms with Gasteiger partial charge in [0.2, 0.25) is 5.95 Å². The number of hydrogen-bond acceptors (Lipinski definition) is 7. The molecule has 1 saturated heterocycles. The number of rotatable bonds is 9. The lowest BCUT2D eigenvalue weighted by Gasteiger charge is -2.34. The van der Waals surface area contributed by atoms with Gasteiger partial charge in [-0.05, 0) is 36.4 Å². The molecule has 34 heavy (non-hydrogen) atoms. The molecule has 0 radical (unpaired) electrons. The van der Waals surface area contributed by atoms with Crippen molar-refractivity contribution in [2.75, 3.05) is 44.2 Å². The van der Waals surface area contributed by atoms with Gasteiger partial charge in [0.15, 0.2) is 0 Å². The molecule has 1 N–H and O–H groups in total. The molecule has 0 saturated carbocycles. The smallest absolute Gasteiger partial charge is 0.339 e. The molecule has 0 unspecified atom stereocenters. The van der Waals surface area contributed by atoms with Gasteiger partial charge < -0.3 is 19.5 Å². The Morgan fingerprint density at radius 3 is 2.50 bits per heavy atom. The molecule has 1 aliphatic rings. The lowest BCUT2D eigenvalue weighted by atomic mass is 10.2. The van der Waals surface area contributed by atoms with Crippen LogP contribution in [0.4, 0.5) is 10.3 Å². The fourth-order valence-corrected chi connectivity index (χ4v) is 3.74. The first-order valence-corrected chi connectivity index (χ1v) is 11.2. The predicted molar refractivity (Wildman–Crippen MR) is 125 cm³/mol. The Hall–Kier alpha value is -3.43. The number of benzene rings is 2. The van der Waals surface area contributed by atoms with Gasteiger partial charge in [-0.2, -0.15) is 0 Å². The highest BCUT2D eigenvalue weighted by molar-refractivity contribution is 6.32. The number of halogens is 2. The third-order valence-electron chi connectivity index (χ3n) is 5.43. The second kappa shape index (κ2) is 11.1. The van der Waals surface area contributed by atoms with E-state index in [1.807, 2.05) is 4.90 Å². The van der Waals surface area contributed by atoms with E-state index in [0.29, 0.717) is 42.2 Å². The molecule has 10 heteroatoms. The Morgan fingerprint density at radius 1 is 1.06 bits per heavy atom. The average Bonchev–Trinajstić information content (AvgIpc) is 2.85. The van der Waals surface area contributed by atoms with Crippen LogP contribution in [0.2, 0.25) is 5.02 Å². The number of carbonyl (C=O) groups is 1. The van der Waals surface area contributed by atoms with E-state index in [1.54, 1.807) is 36.4 Å². The lowest BCUT2D eigenvalue weighted by molar-refractivity contribution is 0.0692. The first-order chi connectivity index (χ1) is 16.5. The Morgan fingerprint density at radius 2 is 1.79 bits per heavy atom. The minimum atomic E-state index is -1.12. The summed E-state index contributed by atoms with van der Waals surface area (Å²) in [4.78, 5) is 24.7. The maximum atomic E-state index is 13.0. The van der Waals surface area contributed by atoms with Crippen molar-refractivity contribution >= 4 is 23.5 Å². The van der Waals surface area contributed by atoms with Gasteiger partial charge in [-0.15, -0.1) is 0 Å². The van der Waals surface area contributed by atoms with Crippen molar-refractivity contribution < 1.29 is 23.8 Å². The SMILES string of the molecule is O=C(O)c1cnc(N2CCN(CCOc3ccc(F)cc3)CC2)nc1COc1ccccc1Cl. The molecule has 0 spiro atoms. The van der Waals surface area contributed by atoms with E-state index in [0.717, 1.165) is 19.6 Å². The minimum Gasteiger partial charge on any atom is -0.492 e. The summed E-state index contributed by atoms with van der Waals surface area (Å²) in [5.41, 5.74) is 0.278. The van der Waals surface area contributed by atoms with Gasteiger partial charge in [0.05, 0.1) is 10.7 Å². The average molecular weight is 487 g/mol. The zero-order chi connectivity index (χ0) is 23.9. The second-order valence-corrected chi connectivity index (χ2v) is 8.09. The summed E-state index contributed by atoms with van der Waals surface area (Å²) in [5, 5.41) is 9.96. The van der Waals surface area contributed by atoms with Crippen LogP contribution in [0.15, 0.2) is 54.7 Å². The van der Waals surface area contributed by atoms with Gasteiger partial charge in [0.25, 0.3) is 0 Å². The number of anilines is 1. The molecular formula is C24H24ClFN4O4. The van der Waals surface area contributed by atoms with E-state index in [1.165, 1.54) is 18.3 Å².